The second-order valence-electron chi connectivity index (χ2n) is 5.48. The Labute approximate surface area is 117 Å². The van der Waals surface area contributed by atoms with Gasteiger partial charge in [0.2, 0.25) is 0 Å². The van der Waals surface area contributed by atoms with E-state index in [1.807, 2.05) is 6.20 Å². The van der Waals surface area contributed by atoms with Crippen molar-refractivity contribution in [1.29, 1.82) is 0 Å². The van der Waals surface area contributed by atoms with E-state index in [2.05, 4.69) is 67.4 Å². The number of fused-ring (bicyclic) bond motifs is 2. The third-order valence-electron chi connectivity index (χ3n) is 4.01. The number of pyridine rings is 1. The molecule has 0 saturated carbocycles. The zero-order valence-corrected chi connectivity index (χ0v) is 11.6. The van der Waals surface area contributed by atoms with Crippen LogP contribution < -0.4 is 5.22 Å². The fourth-order valence-electron chi connectivity index (χ4n) is 3.23. The number of hydrogen-bond donors (Lipinski definition) is 0. The number of benzene rings is 3. The van der Waals surface area contributed by atoms with Gasteiger partial charge in [0.25, 0.3) is 0 Å². The topological polar surface area (TPSA) is 12.9 Å². The Kier molecular flexibility index (Phi) is 2.31. The van der Waals surface area contributed by atoms with Gasteiger partial charge in [-0.3, -0.25) is 4.98 Å². The highest BCUT2D eigenvalue weighted by molar-refractivity contribution is 6.20. The van der Waals surface area contributed by atoms with Crippen LogP contribution in [-0.2, 0) is 0 Å². The molecule has 1 nitrogen and oxygen atoms in total. The molecule has 0 fully saturated rings. The summed E-state index contributed by atoms with van der Waals surface area (Å²) in [4.78, 5) is 4.65. The van der Waals surface area contributed by atoms with Gasteiger partial charge in [0.05, 0.1) is 5.52 Å². The zero-order chi connectivity index (χ0) is 13.7. The van der Waals surface area contributed by atoms with Crippen LogP contribution in [0.5, 0.6) is 0 Å². The smallest absolute Gasteiger partial charge is 0.0792 e. The van der Waals surface area contributed by atoms with Crippen LogP contribution in [-0.4, -0.2) is 4.98 Å². The van der Waals surface area contributed by atoms with Gasteiger partial charge in [0.15, 0.2) is 0 Å². The molecule has 0 bridgehead atoms. The number of nitrogens with zero attached hydrogens (tertiary/aromatic N) is 1. The third kappa shape index (κ3) is 1.41. The molecule has 0 aliphatic rings. The Morgan fingerprint density at radius 2 is 1.55 bits per heavy atom. The maximum atomic E-state index is 4.65. The van der Waals surface area contributed by atoms with E-state index >= 15 is 0 Å². The average Bonchev–Trinajstić information content (AvgIpc) is 2.47. The Hall–Kier alpha value is -2.41. The predicted octanol–water partition coefficient (Wildman–Crippen LogP) is 4.45. The maximum absolute atomic E-state index is 4.65. The molecule has 0 saturated heterocycles. The molecule has 1 heteroatoms. The molecule has 4 aromatic rings. The largest absolute Gasteiger partial charge is 0.256 e. The lowest BCUT2D eigenvalue weighted by Crippen LogP contribution is -2.08. The lowest BCUT2D eigenvalue weighted by atomic mass is 9.95. The van der Waals surface area contributed by atoms with Gasteiger partial charge in [-0.05, 0) is 41.3 Å². The highest BCUT2D eigenvalue weighted by Crippen LogP contribution is 2.29. The Bertz CT molecular complexity index is 1000. The minimum absolute atomic E-state index is 1.11. The molecule has 20 heavy (non-hydrogen) atoms. The van der Waals surface area contributed by atoms with E-state index in [-0.39, 0.29) is 0 Å². The van der Waals surface area contributed by atoms with E-state index in [0.717, 1.165) is 5.52 Å². The van der Waals surface area contributed by atoms with Gasteiger partial charge in [-0.2, -0.15) is 0 Å². The molecular formula is C19H15N. The molecule has 0 atom stereocenters. The van der Waals surface area contributed by atoms with Crippen LogP contribution >= 0.6 is 0 Å². The summed E-state index contributed by atoms with van der Waals surface area (Å²) in [5, 5.41) is 7.75. The molecule has 96 valence electrons. The minimum Gasteiger partial charge on any atom is -0.256 e. The van der Waals surface area contributed by atoms with Gasteiger partial charge in [-0.15, -0.1) is 0 Å². The molecule has 4 rings (SSSR count). The van der Waals surface area contributed by atoms with E-state index < -0.39 is 0 Å². The molecule has 0 amide bonds. The van der Waals surface area contributed by atoms with Crippen LogP contribution in [0.1, 0.15) is 13.8 Å². The molecular weight excluding hydrogens is 242 g/mol. The average molecular weight is 257 g/mol. The van der Waals surface area contributed by atoms with E-state index in [4.69, 9.17) is 0 Å². The van der Waals surface area contributed by atoms with Crippen molar-refractivity contribution in [3.05, 3.63) is 59.9 Å². The van der Waals surface area contributed by atoms with Crippen molar-refractivity contribution in [3.8, 4) is 0 Å². The Morgan fingerprint density at radius 1 is 0.800 bits per heavy atom. The fraction of sp³-hybridized carbons (Fsp3) is 0.105. The van der Waals surface area contributed by atoms with Gasteiger partial charge < -0.3 is 0 Å². The molecule has 0 N–H and O–H groups in total. The van der Waals surface area contributed by atoms with E-state index in [0.29, 0.717) is 0 Å². The van der Waals surface area contributed by atoms with Crippen molar-refractivity contribution in [3.63, 3.8) is 0 Å². The van der Waals surface area contributed by atoms with Crippen molar-refractivity contribution >= 4 is 38.0 Å². The first-order valence-corrected chi connectivity index (χ1v) is 6.93. The first-order valence-electron chi connectivity index (χ1n) is 6.93. The van der Waals surface area contributed by atoms with Crippen molar-refractivity contribution in [2.24, 2.45) is 0 Å². The van der Waals surface area contributed by atoms with Crippen molar-refractivity contribution in [2.45, 2.75) is 13.8 Å². The molecule has 1 aromatic heterocycles. The molecule has 0 spiro atoms. The lowest BCUT2D eigenvalue weighted by molar-refractivity contribution is 1.44. The SMILES string of the molecule is CC(C)=c1c2ccccc2c2nccc3cccc1c32. The summed E-state index contributed by atoms with van der Waals surface area (Å²) in [6, 6.07) is 17.2. The van der Waals surface area contributed by atoms with Crippen molar-refractivity contribution in [2.75, 3.05) is 0 Å². The van der Waals surface area contributed by atoms with Gasteiger partial charge in [-0.25, -0.2) is 0 Å². The zero-order valence-electron chi connectivity index (χ0n) is 11.6. The highest BCUT2D eigenvalue weighted by atomic mass is 14.6. The maximum Gasteiger partial charge on any atom is 0.0792 e. The molecule has 0 aliphatic carbocycles. The molecule has 0 unspecified atom stereocenters. The van der Waals surface area contributed by atoms with Gasteiger partial charge in [-0.1, -0.05) is 48.0 Å². The number of rotatable bonds is 0. The molecule has 3 aromatic carbocycles. The number of hydrogen-bond acceptors (Lipinski definition) is 1. The summed E-state index contributed by atoms with van der Waals surface area (Å²) in [6.45, 7) is 4.37. The Morgan fingerprint density at radius 3 is 2.35 bits per heavy atom. The molecule has 0 radical (unpaired) electrons. The standard InChI is InChI=1S/C19H15N/c1-12(2)17-14-7-3-4-8-15(14)19-18-13(10-11-20-19)6-5-9-16(17)18/h3-11H,1-2H3. The summed E-state index contributed by atoms with van der Waals surface area (Å²) >= 11 is 0. The van der Waals surface area contributed by atoms with Crippen LogP contribution in [0.25, 0.3) is 38.0 Å². The summed E-state index contributed by atoms with van der Waals surface area (Å²) in [5.74, 6) is 0. The lowest BCUT2D eigenvalue weighted by Gasteiger charge is -2.11. The monoisotopic (exact) mass is 257 g/mol. The fourth-order valence-corrected chi connectivity index (χ4v) is 3.23. The van der Waals surface area contributed by atoms with Crippen LogP contribution in [0.4, 0.5) is 0 Å². The third-order valence-corrected chi connectivity index (χ3v) is 4.01. The van der Waals surface area contributed by atoms with Crippen LogP contribution in [0.3, 0.4) is 0 Å². The van der Waals surface area contributed by atoms with Crippen molar-refractivity contribution in [1.82, 2.24) is 4.98 Å². The Balaban J connectivity index is 2.54. The molecule has 1 heterocycles. The summed E-state index contributed by atoms with van der Waals surface area (Å²) in [6.07, 6.45) is 1.91. The summed E-state index contributed by atoms with van der Waals surface area (Å²) in [7, 11) is 0. The van der Waals surface area contributed by atoms with Gasteiger partial charge in [0.1, 0.15) is 0 Å². The van der Waals surface area contributed by atoms with E-state index in [1.54, 1.807) is 0 Å². The highest BCUT2D eigenvalue weighted by Gasteiger charge is 2.10. The first kappa shape index (κ1) is 11.4. The summed E-state index contributed by atoms with van der Waals surface area (Å²) in [5.41, 5.74) is 2.46. The summed E-state index contributed by atoms with van der Waals surface area (Å²) < 4.78 is 0. The van der Waals surface area contributed by atoms with Crippen LogP contribution in [0.15, 0.2) is 54.7 Å². The van der Waals surface area contributed by atoms with Gasteiger partial charge >= 0.3 is 0 Å². The predicted molar refractivity (Wildman–Crippen MR) is 86.7 cm³/mol. The normalized spacial score (nSPS) is 11.5. The van der Waals surface area contributed by atoms with Crippen LogP contribution in [0.2, 0.25) is 0 Å². The quantitative estimate of drug-likeness (QED) is 0.335. The van der Waals surface area contributed by atoms with Crippen LogP contribution in [0, 0.1) is 0 Å². The van der Waals surface area contributed by atoms with Gasteiger partial charge in [0, 0.05) is 17.0 Å². The number of aromatic nitrogens is 1. The molecule has 0 aliphatic heterocycles. The minimum atomic E-state index is 1.11. The second-order valence-corrected chi connectivity index (χ2v) is 5.48. The second kappa shape index (κ2) is 4.04. The van der Waals surface area contributed by atoms with E-state index in [1.165, 1.54) is 37.7 Å². The first-order chi connectivity index (χ1) is 9.77. The van der Waals surface area contributed by atoms with E-state index in [9.17, 15) is 0 Å². The van der Waals surface area contributed by atoms with Crippen molar-refractivity contribution < 1.29 is 0 Å².